The third-order valence-corrected chi connectivity index (χ3v) is 8.83. The van der Waals surface area contributed by atoms with Gasteiger partial charge in [-0.05, 0) is 66.5 Å². The number of Topliss-reactive ketones (excluding diaryl/α,β-unsaturated/α-hetero) is 1. The predicted octanol–water partition coefficient (Wildman–Crippen LogP) is 6.06. The number of benzene rings is 1. The van der Waals surface area contributed by atoms with Crippen LogP contribution in [0.1, 0.15) is 55.1 Å². The van der Waals surface area contributed by atoms with E-state index >= 15 is 0 Å². The first-order valence-corrected chi connectivity index (χ1v) is 12.7. The highest BCUT2D eigenvalue weighted by Crippen LogP contribution is 2.66. The Hall–Kier alpha value is -3.32. The molecule has 2 fully saturated rings. The molecule has 1 saturated carbocycles. The smallest absolute Gasteiger partial charge is 0.343 e. The fraction of sp³-hybridized carbons (Fsp3) is 0.414. The van der Waals surface area contributed by atoms with Crippen molar-refractivity contribution in [2.24, 2.45) is 28.6 Å². The van der Waals surface area contributed by atoms with Gasteiger partial charge in [0.1, 0.15) is 6.10 Å². The van der Waals surface area contributed by atoms with Crippen LogP contribution in [-0.2, 0) is 23.8 Å². The molecule has 8 heteroatoms. The molecule has 6 atom stereocenters. The third-order valence-electron chi connectivity index (χ3n) is 8.58. The van der Waals surface area contributed by atoms with Crippen molar-refractivity contribution in [2.75, 3.05) is 7.11 Å². The lowest BCUT2D eigenvalue weighted by atomic mass is 9.44. The highest BCUT2D eigenvalue weighted by molar-refractivity contribution is 6.30. The molecule has 7 nitrogen and oxygen atoms in total. The molecule has 3 aliphatic rings. The van der Waals surface area contributed by atoms with Crippen molar-refractivity contribution in [3.63, 3.8) is 0 Å². The minimum Gasteiger partial charge on any atom is -0.490 e. The average molecular weight is 525 g/mol. The van der Waals surface area contributed by atoms with Crippen molar-refractivity contribution >= 4 is 29.3 Å². The summed E-state index contributed by atoms with van der Waals surface area (Å²) in [7, 11) is 1.32. The molecule has 0 N–H and O–H groups in total. The number of hydrogen-bond donors (Lipinski definition) is 0. The lowest BCUT2D eigenvalue weighted by Crippen LogP contribution is -2.60. The molecule has 2 aromatic rings. The zero-order chi connectivity index (χ0) is 26.5. The Kier molecular flexibility index (Phi) is 6.31. The maximum Gasteiger partial charge on any atom is 0.343 e. The van der Waals surface area contributed by atoms with Gasteiger partial charge in [-0.15, -0.1) is 0 Å². The number of rotatable bonds is 4. The lowest BCUT2D eigenvalue weighted by Gasteiger charge is -2.60. The topological polar surface area (TPSA) is 92.0 Å². The first-order chi connectivity index (χ1) is 17.6. The molecule has 5 rings (SSSR count). The molecule has 1 saturated heterocycles. The molecule has 37 heavy (non-hydrogen) atoms. The molecule has 0 unspecified atom stereocenters. The van der Waals surface area contributed by atoms with Crippen molar-refractivity contribution in [2.45, 2.75) is 39.2 Å². The van der Waals surface area contributed by atoms with Crippen LogP contribution >= 0.6 is 11.6 Å². The zero-order valence-electron chi connectivity index (χ0n) is 21.0. The summed E-state index contributed by atoms with van der Waals surface area (Å²) in [5.41, 5.74) is -0.275. The van der Waals surface area contributed by atoms with Crippen LogP contribution in [0, 0.1) is 28.6 Å². The molecule has 1 aromatic heterocycles. The largest absolute Gasteiger partial charge is 0.490 e. The van der Waals surface area contributed by atoms with E-state index in [1.165, 1.54) is 25.3 Å². The molecule has 0 spiro atoms. The van der Waals surface area contributed by atoms with Gasteiger partial charge in [0, 0.05) is 22.4 Å². The van der Waals surface area contributed by atoms with Crippen LogP contribution < -0.4 is 0 Å². The Balaban J connectivity index is 1.56. The number of esters is 2. The van der Waals surface area contributed by atoms with Gasteiger partial charge in [0.25, 0.3) is 0 Å². The summed E-state index contributed by atoms with van der Waals surface area (Å²) >= 11 is 5.94. The van der Waals surface area contributed by atoms with Crippen molar-refractivity contribution in [3.8, 4) is 0 Å². The van der Waals surface area contributed by atoms with Crippen molar-refractivity contribution in [3.05, 3.63) is 83.2 Å². The van der Waals surface area contributed by atoms with Gasteiger partial charge >= 0.3 is 11.9 Å². The van der Waals surface area contributed by atoms with Crippen LogP contribution in [0.3, 0.4) is 0 Å². The number of fused-ring (bicyclic) bond motifs is 3. The van der Waals surface area contributed by atoms with E-state index in [2.05, 4.69) is 13.5 Å². The summed E-state index contributed by atoms with van der Waals surface area (Å²) in [6, 6.07) is 8.02. The summed E-state index contributed by atoms with van der Waals surface area (Å²) < 4.78 is 22.3. The molecular weight excluding hydrogens is 496 g/mol. The Morgan fingerprint density at radius 1 is 1.14 bits per heavy atom. The van der Waals surface area contributed by atoms with Gasteiger partial charge in [-0.3, -0.25) is 9.59 Å². The van der Waals surface area contributed by atoms with Gasteiger partial charge in [0.2, 0.25) is 5.78 Å². The fourth-order valence-corrected chi connectivity index (χ4v) is 6.94. The Morgan fingerprint density at radius 2 is 1.86 bits per heavy atom. The SMILES string of the molecule is C=C1O[C@H](c2ccoc2)C[C@]2(C)[C@H]3C(=O)C(OC(=O)c4ccc(Cl)cc4)=C[C@@H](C(=O)OC)[C@]3(C)CC[C@@H]12. The van der Waals surface area contributed by atoms with Crippen LogP contribution in [0.15, 0.2) is 71.4 Å². The van der Waals surface area contributed by atoms with E-state index in [-0.39, 0.29) is 29.1 Å². The summed E-state index contributed by atoms with van der Waals surface area (Å²) in [5.74, 6) is -2.53. The lowest BCUT2D eigenvalue weighted by molar-refractivity contribution is -0.174. The van der Waals surface area contributed by atoms with E-state index in [0.717, 1.165) is 5.56 Å². The monoisotopic (exact) mass is 524 g/mol. The Bertz CT molecular complexity index is 1280. The minimum atomic E-state index is -0.769. The van der Waals surface area contributed by atoms with Gasteiger partial charge in [-0.25, -0.2) is 4.79 Å². The standard InChI is InChI=1S/C29H29ClO7/c1-16-20-9-11-28(2)21(27(33)34-4)13-22(37-26(32)17-5-7-19(30)8-6-17)24(31)25(28)29(20,3)14-23(36-16)18-10-12-35-15-18/h5-8,10,12-13,15,20-21,23,25H,1,9,11,14H2,2-4H3/t20-,21-,23-,25-,28-,29-/m0/s1. The number of carbonyl (C=O) groups excluding carboxylic acids is 3. The molecular formula is C29H29ClO7. The quantitative estimate of drug-likeness (QED) is 0.449. The highest BCUT2D eigenvalue weighted by Gasteiger charge is 2.65. The first kappa shape index (κ1) is 25.3. The van der Waals surface area contributed by atoms with Gasteiger partial charge in [-0.1, -0.05) is 32.0 Å². The molecule has 194 valence electrons. The van der Waals surface area contributed by atoms with Crippen molar-refractivity contribution in [1.29, 1.82) is 0 Å². The van der Waals surface area contributed by atoms with Crippen LogP contribution in [0.5, 0.6) is 0 Å². The predicted molar refractivity (Wildman–Crippen MR) is 134 cm³/mol. The number of allylic oxidation sites excluding steroid dienone is 2. The van der Waals surface area contributed by atoms with Gasteiger partial charge in [0.15, 0.2) is 5.76 Å². The maximum absolute atomic E-state index is 14.2. The Labute approximate surface area is 220 Å². The summed E-state index contributed by atoms with van der Waals surface area (Å²) in [5, 5.41) is 0.471. The second-order valence-corrected chi connectivity index (χ2v) is 11.1. The van der Waals surface area contributed by atoms with E-state index in [1.807, 2.05) is 13.0 Å². The van der Waals surface area contributed by atoms with Gasteiger partial charge in [-0.2, -0.15) is 0 Å². The summed E-state index contributed by atoms with van der Waals surface area (Å²) in [6.07, 6.45) is 6.11. The van der Waals surface area contributed by atoms with Crippen LogP contribution in [0.2, 0.25) is 5.02 Å². The average Bonchev–Trinajstić information content (AvgIpc) is 3.40. The second-order valence-electron chi connectivity index (χ2n) is 10.7. The molecule has 2 heterocycles. The maximum atomic E-state index is 14.2. The Morgan fingerprint density at radius 3 is 2.51 bits per heavy atom. The number of methoxy groups -OCH3 is 1. The van der Waals surface area contributed by atoms with E-state index in [1.54, 1.807) is 24.7 Å². The van der Waals surface area contributed by atoms with Crippen molar-refractivity contribution in [1.82, 2.24) is 0 Å². The van der Waals surface area contributed by atoms with E-state index in [4.69, 9.17) is 30.2 Å². The number of hydrogen-bond acceptors (Lipinski definition) is 7. The third kappa shape index (κ3) is 4.09. The van der Waals surface area contributed by atoms with Crippen LogP contribution in [0.4, 0.5) is 0 Å². The molecule has 0 radical (unpaired) electrons. The highest BCUT2D eigenvalue weighted by atomic mass is 35.5. The number of furan rings is 1. The molecule has 1 aliphatic heterocycles. The normalized spacial score (nSPS) is 32.9. The number of carbonyl (C=O) groups is 3. The number of ether oxygens (including phenoxy) is 3. The second kappa shape index (κ2) is 9.21. The first-order valence-electron chi connectivity index (χ1n) is 12.3. The van der Waals surface area contributed by atoms with E-state index in [9.17, 15) is 14.4 Å². The van der Waals surface area contributed by atoms with E-state index < -0.39 is 34.6 Å². The van der Waals surface area contributed by atoms with Crippen molar-refractivity contribution < 1.29 is 33.0 Å². The zero-order valence-corrected chi connectivity index (χ0v) is 21.7. The fourth-order valence-electron chi connectivity index (χ4n) is 6.82. The minimum absolute atomic E-state index is 0.109. The molecule has 0 bridgehead atoms. The number of halogens is 1. The van der Waals surface area contributed by atoms with Gasteiger partial charge in [0.05, 0.1) is 36.9 Å². The van der Waals surface area contributed by atoms with Crippen LogP contribution in [0.25, 0.3) is 0 Å². The molecule has 2 aliphatic carbocycles. The number of ketones is 1. The van der Waals surface area contributed by atoms with Gasteiger partial charge < -0.3 is 18.6 Å². The summed E-state index contributed by atoms with van der Waals surface area (Å²) in [6.45, 7) is 8.22. The molecule has 0 amide bonds. The van der Waals surface area contributed by atoms with Crippen LogP contribution in [-0.4, -0.2) is 24.8 Å². The van der Waals surface area contributed by atoms with E-state index in [0.29, 0.717) is 30.0 Å². The summed E-state index contributed by atoms with van der Waals surface area (Å²) in [4.78, 5) is 40.2. The molecule has 1 aromatic carbocycles.